The van der Waals surface area contributed by atoms with E-state index in [1.807, 2.05) is 11.8 Å². The van der Waals surface area contributed by atoms with E-state index in [-0.39, 0.29) is 0 Å². The van der Waals surface area contributed by atoms with Crippen LogP contribution in [0, 0.1) is 6.92 Å². The predicted octanol–water partition coefficient (Wildman–Crippen LogP) is 4.47. The van der Waals surface area contributed by atoms with E-state index in [1.165, 1.54) is 43.2 Å². The summed E-state index contributed by atoms with van der Waals surface area (Å²) in [7, 11) is 0. The number of aryl methyl sites for hydroxylation is 1. The first-order valence-electron chi connectivity index (χ1n) is 8.30. The highest BCUT2D eigenvalue weighted by atomic mass is 32.2. The zero-order valence-corrected chi connectivity index (χ0v) is 14.0. The Morgan fingerprint density at radius 1 is 1.14 bits per heavy atom. The van der Waals surface area contributed by atoms with Crippen molar-refractivity contribution < 1.29 is 4.74 Å². The van der Waals surface area contributed by atoms with Crippen LogP contribution in [0.5, 0.6) is 5.75 Å². The third-order valence-corrected chi connectivity index (χ3v) is 6.09. The summed E-state index contributed by atoms with van der Waals surface area (Å²) < 4.78 is 6.01. The molecule has 0 spiro atoms. The van der Waals surface area contributed by atoms with Crippen LogP contribution in [0.4, 0.5) is 0 Å². The second-order valence-corrected chi connectivity index (χ2v) is 7.45. The number of rotatable bonds is 3. The molecule has 3 unspecified atom stereocenters. The number of fused-ring (bicyclic) bond motifs is 1. The molecule has 1 saturated carbocycles. The molecule has 1 aromatic carbocycles. The minimum absolute atomic E-state index is 0.458. The molecule has 1 aliphatic heterocycles. The lowest BCUT2D eigenvalue weighted by atomic mass is 9.92. The number of benzene rings is 1. The van der Waals surface area contributed by atoms with E-state index in [2.05, 4.69) is 36.7 Å². The van der Waals surface area contributed by atoms with Gasteiger partial charge in [0.2, 0.25) is 0 Å². The van der Waals surface area contributed by atoms with Gasteiger partial charge in [0.15, 0.2) is 0 Å². The standard InChI is InChI=1S/C18H27NOS/c1-13-7-5-8-14-15(10-6-12-20-18(13)14)19-16-9-3-4-11-17(16)21-2/h5,7-8,15-17,19H,3-4,6,9-12H2,1-2H3. The summed E-state index contributed by atoms with van der Waals surface area (Å²) in [5, 5.41) is 4.76. The van der Waals surface area contributed by atoms with Gasteiger partial charge in [-0.25, -0.2) is 0 Å². The highest BCUT2D eigenvalue weighted by Crippen LogP contribution is 2.36. The molecule has 1 aromatic rings. The maximum atomic E-state index is 6.01. The molecule has 3 atom stereocenters. The van der Waals surface area contributed by atoms with Gasteiger partial charge in [0.1, 0.15) is 5.75 Å². The first kappa shape index (κ1) is 15.2. The molecule has 116 valence electrons. The lowest BCUT2D eigenvalue weighted by Crippen LogP contribution is -2.42. The van der Waals surface area contributed by atoms with Crippen LogP contribution in [0.15, 0.2) is 18.2 Å². The highest BCUT2D eigenvalue weighted by Gasteiger charge is 2.29. The van der Waals surface area contributed by atoms with Gasteiger partial charge >= 0.3 is 0 Å². The van der Waals surface area contributed by atoms with Gasteiger partial charge in [-0.1, -0.05) is 31.0 Å². The van der Waals surface area contributed by atoms with Crippen molar-refractivity contribution in [1.29, 1.82) is 0 Å². The van der Waals surface area contributed by atoms with Crippen molar-refractivity contribution in [3.8, 4) is 5.75 Å². The second-order valence-electron chi connectivity index (χ2n) is 6.37. The molecule has 0 aromatic heterocycles. The summed E-state index contributed by atoms with van der Waals surface area (Å²) in [4.78, 5) is 0. The summed E-state index contributed by atoms with van der Waals surface area (Å²) >= 11 is 2.04. The fourth-order valence-corrected chi connectivity index (χ4v) is 4.71. The van der Waals surface area contributed by atoms with Crippen molar-refractivity contribution in [2.24, 2.45) is 0 Å². The summed E-state index contributed by atoms with van der Waals surface area (Å²) in [5.41, 5.74) is 2.64. The third-order valence-electron chi connectivity index (χ3n) is 4.92. The first-order chi connectivity index (χ1) is 10.3. The Bertz CT molecular complexity index is 476. The van der Waals surface area contributed by atoms with Crippen LogP contribution in [0.1, 0.15) is 55.7 Å². The number of nitrogens with one attached hydrogen (secondary N) is 1. The number of hydrogen-bond donors (Lipinski definition) is 1. The van der Waals surface area contributed by atoms with Crippen LogP contribution in [0.25, 0.3) is 0 Å². The van der Waals surface area contributed by atoms with Crippen molar-refractivity contribution in [3.05, 3.63) is 29.3 Å². The summed E-state index contributed by atoms with van der Waals surface area (Å²) in [6.45, 7) is 3.01. The number of hydrogen-bond acceptors (Lipinski definition) is 3. The molecule has 1 fully saturated rings. The van der Waals surface area contributed by atoms with Crippen LogP contribution in [0.2, 0.25) is 0 Å². The highest BCUT2D eigenvalue weighted by molar-refractivity contribution is 7.99. The van der Waals surface area contributed by atoms with E-state index in [0.29, 0.717) is 12.1 Å². The lowest BCUT2D eigenvalue weighted by Gasteiger charge is -2.34. The van der Waals surface area contributed by atoms with Gasteiger partial charge in [-0.15, -0.1) is 0 Å². The zero-order chi connectivity index (χ0) is 14.7. The van der Waals surface area contributed by atoms with E-state index in [4.69, 9.17) is 4.74 Å². The van der Waals surface area contributed by atoms with Gasteiger partial charge < -0.3 is 10.1 Å². The van der Waals surface area contributed by atoms with Gasteiger partial charge in [-0.05, 0) is 44.4 Å². The van der Waals surface area contributed by atoms with E-state index < -0.39 is 0 Å². The molecule has 3 heteroatoms. The molecule has 2 nitrogen and oxygen atoms in total. The monoisotopic (exact) mass is 305 g/mol. The lowest BCUT2D eigenvalue weighted by molar-refractivity contribution is 0.308. The molecule has 1 aliphatic carbocycles. The van der Waals surface area contributed by atoms with Crippen molar-refractivity contribution in [1.82, 2.24) is 5.32 Å². The molecule has 21 heavy (non-hydrogen) atoms. The van der Waals surface area contributed by atoms with Gasteiger partial charge in [0.05, 0.1) is 6.61 Å². The Morgan fingerprint density at radius 3 is 2.86 bits per heavy atom. The quantitative estimate of drug-likeness (QED) is 0.890. The van der Waals surface area contributed by atoms with Crippen molar-refractivity contribution in [3.63, 3.8) is 0 Å². The van der Waals surface area contributed by atoms with Gasteiger partial charge in [0.25, 0.3) is 0 Å². The van der Waals surface area contributed by atoms with Gasteiger partial charge in [-0.2, -0.15) is 11.8 Å². The maximum absolute atomic E-state index is 6.01. The molecule has 0 saturated heterocycles. The van der Waals surface area contributed by atoms with Gasteiger partial charge in [0, 0.05) is 22.9 Å². The Labute approximate surface area is 133 Å². The summed E-state index contributed by atoms with van der Waals surface area (Å²) in [6.07, 6.45) is 10.0. The predicted molar refractivity (Wildman–Crippen MR) is 91.3 cm³/mol. The molecule has 0 amide bonds. The van der Waals surface area contributed by atoms with Gasteiger partial charge in [-0.3, -0.25) is 0 Å². The van der Waals surface area contributed by atoms with Crippen LogP contribution in [-0.2, 0) is 0 Å². The third kappa shape index (κ3) is 3.40. The van der Waals surface area contributed by atoms with E-state index in [9.17, 15) is 0 Å². The fourth-order valence-electron chi connectivity index (χ4n) is 3.77. The minimum atomic E-state index is 0.458. The van der Waals surface area contributed by atoms with E-state index in [0.717, 1.165) is 24.0 Å². The second kappa shape index (κ2) is 7.06. The van der Waals surface area contributed by atoms with Crippen molar-refractivity contribution in [2.45, 2.75) is 62.8 Å². The fraction of sp³-hybridized carbons (Fsp3) is 0.667. The largest absolute Gasteiger partial charge is 0.493 e. The Kier molecular flexibility index (Phi) is 5.12. The number of para-hydroxylation sites is 1. The van der Waals surface area contributed by atoms with Crippen molar-refractivity contribution >= 4 is 11.8 Å². The number of thioether (sulfide) groups is 1. The Hall–Kier alpha value is -0.670. The normalized spacial score (nSPS) is 29.3. The topological polar surface area (TPSA) is 21.3 Å². The average Bonchev–Trinajstić information content (AvgIpc) is 2.72. The smallest absolute Gasteiger partial charge is 0.126 e. The van der Waals surface area contributed by atoms with Crippen molar-refractivity contribution in [2.75, 3.05) is 12.9 Å². The molecule has 3 rings (SSSR count). The minimum Gasteiger partial charge on any atom is -0.493 e. The molecule has 2 aliphatic rings. The van der Waals surface area contributed by atoms with Crippen LogP contribution >= 0.6 is 11.8 Å². The number of ether oxygens (including phenoxy) is 1. The molecular formula is C18H27NOS. The zero-order valence-electron chi connectivity index (χ0n) is 13.2. The van der Waals surface area contributed by atoms with Crippen LogP contribution in [0.3, 0.4) is 0 Å². The first-order valence-corrected chi connectivity index (χ1v) is 9.59. The van der Waals surface area contributed by atoms with Crippen LogP contribution in [-0.4, -0.2) is 24.2 Å². The molecule has 1 N–H and O–H groups in total. The summed E-state index contributed by atoms with van der Waals surface area (Å²) in [5.74, 6) is 1.13. The Balaban J connectivity index is 1.80. The Morgan fingerprint density at radius 2 is 2.00 bits per heavy atom. The van der Waals surface area contributed by atoms with E-state index in [1.54, 1.807) is 0 Å². The molecule has 0 radical (unpaired) electrons. The maximum Gasteiger partial charge on any atom is 0.126 e. The molecule has 0 bridgehead atoms. The van der Waals surface area contributed by atoms with E-state index >= 15 is 0 Å². The van der Waals surface area contributed by atoms with Crippen LogP contribution < -0.4 is 10.1 Å². The molecule has 1 heterocycles. The summed E-state index contributed by atoms with van der Waals surface area (Å²) in [6, 6.07) is 7.70. The molecular weight excluding hydrogens is 278 g/mol. The SMILES string of the molecule is CSC1CCCCC1NC1CCCOc2c(C)cccc21. The average molecular weight is 305 g/mol.